The van der Waals surface area contributed by atoms with Gasteiger partial charge in [-0.2, -0.15) is 0 Å². The summed E-state index contributed by atoms with van der Waals surface area (Å²) in [6, 6.07) is 9.81. The fourth-order valence-corrected chi connectivity index (χ4v) is 3.16. The van der Waals surface area contributed by atoms with Crippen LogP contribution >= 0.6 is 0 Å². The van der Waals surface area contributed by atoms with Crippen molar-refractivity contribution < 1.29 is 18.7 Å². The number of carbonyl (C=O) groups is 1. The van der Waals surface area contributed by atoms with Crippen molar-refractivity contribution in [3.63, 3.8) is 0 Å². The maximum Gasteiger partial charge on any atom is 0.203 e. The Balaban J connectivity index is 1.49. The van der Waals surface area contributed by atoms with Crippen LogP contribution in [0.15, 0.2) is 53.7 Å². The van der Waals surface area contributed by atoms with Gasteiger partial charge in [0, 0.05) is 18.7 Å². The highest BCUT2D eigenvalue weighted by atomic mass is 19.1. The van der Waals surface area contributed by atoms with E-state index >= 15 is 0 Å². The molecule has 1 aliphatic heterocycles. The number of guanidine groups is 1. The van der Waals surface area contributed by atoms with E-state index in [0.717, 1.165) is 12.0 Å². The first kappa shape index (κ1) is 17.1. The number of halogens is 1. The van der Waals surface area contributed by atoms with Crippen LogP contribution < -0.4 is 20.1 Å². The summed E-state index contributed by atoms with van der Waals surface area (Å²) in [6.45, 7) is 0. The van der Waals surface area contributed by atoms with Crippen molar-refractivity contribution in [2.24, 2.45) is 4.99 Å². The fraction of sp³-hybridized carbons (Fsp3) is 0.200. The van der Waals surface area contributed by atoms with Crippen LogP contribution in [0.1, 0.15) is 22.3 Å². The number of ketones is 1. The summed E-state index contributed by atoms with van der Waals surface area (Å²) in [5.41, 5.74) is 2.24. The Labute approximate surface area is 155 Å². The van der Waals surface area contributed by atoms with Gasteiger partial charge in [0.1, 0.15) is 17.3 Å². The molecule has 0 bridgehead atoms. The van der Waals surface area contributed by atoms with E-state index in [4.69, 9.17) is 9.47 Å². The van der Waals surface area contributed by atoms with Gasteiger partial charge in [-0.05, 0) is 36.3 Å². The van der Waals surface area contributed by atoms with E-state index in [9.17, 15) is 9.18 Å². The van der Waals surface area contributed by atoms with E-state index in [1.165, 1.54) is 19.2 Å². The van der Waals surface area contributed by atoms with Crippen molar-refractivity contribution >= 4 is 17.4 Å². The molecule has 0 spiro atoms. The number of Topliss-reactive ketones (excluding diaryl/α,β-unsaturated/α-hetero) is 1. The van der Waals surface area contributed by atoms with Gasteiger partial charge >= 0.3 is 0 Å². The first-order valence-corrected chi connectivity index (χ1v) is 8.57. The lowest BCUT2D eigenvalue weighted by molar-refractivity contribution is 0.0989. The molecule has 7 heteroatoms. The number of methoxy groups -OCH3 is 1. The second-order valence-corrected chi connectivity index (χ2v) is 6.19. The van der Waals surface area contributed by atoms with Crippen LogP contribution in [-0.4, -0.2) is 25.1 Å². The molecule has 0 aromatic heterocycles. The van der Waals surface area contributed by atoms with Crippen LogP contribution in [-0.2, 0) is 6.42 Å². The minimum absolute atomic E-state index is 0.100. The first-order valence-electron chi connectivity index (χ1n) is 8.57. The molecule has 0 saturated carbocycles. The number of aryl methyl sites for hydroxylation is 1. The summed E-state index contributed by atoms with van der Waals surface area (Å²) < 4.78 is 24.5. The Morgan fingerprint density at radius 2 is 2.11 bits per heavy atom. The summed E-state index contributed by atoms with van der Waals surface area (Å²) in [5.74, 6) is 1.05. The maximum absolute atomic E-state index is 13.3. The Hall–Kier alpha value is -3.35. The topological polar surface area (TPSA) is 71.9 Å². The lowest BCUT2D eigenvalue weighted by Gasteiger charge is -2.23. The molecule has 2 aromatic rings. The second-order valence-electron chi connectivity index (χ2n) is 6.19. The van der Waals surface area contributed by atoms with Gasteiger partial charge in [0.15, 0.2) is 12.0 Å². The van der Waals surface area contributed by atoms with E-state index in [1.807, 2.05) is 12.1 Å². The molecular formula is C20H18FN3O3. The molecule has 4 rings (SSSR count). The largest absolute Gasteiger partial charge is 0.494 e. The van der Waals surface area contributed by atoms with Gasteiger partial charge in [0.25, 0.3) is 0 Å². The highest BCUT2D eigenvalue weighted by Crippen LogP contribution is 2.31. The molecule has 2 N–H and O–H groups in total. The minimum atomic E-state index is -0.503. The van der Waals surface area contributed by atoms with Crippen LogP contribution in [0, 0.1) is 5.82 Å². The van der Waals surface area contributed by atoms with Crippen LogP contribution in [0.25, 0.3) is 0 Å². The molecule has 0 radical (unpaired) electrons. The number of carbonyl (C=O) groups excluding carboxylic acids is 1. The molecular weight excluding hydrogens is 349 g/mol. The number of nitrogens with one attached hydrogen (secondary N) is 2. The smallest absolute Gasteiger partial charge is 0.203 e. The van der Waals surface area contributed by atoms with Crippen molar-refractivity contribution in [2.45, 2.75) is 19.1 Å². The van der Waals surface area contributed by atoms with Crippen molar-refractivity contribution in [3.05, 3.63) is 65.6 Å². The summed E-state index contributed by atoms with van der Waals surface area (Å²) in [6.07, 6.45) is 4.10. The van der Waals surface area contributed by atoms with Crippen molar-refractivity contribution in [2.75, 3.05) is 12.4 Å². The van der Waals surface area contributed by atoms with Gasteiger partial charge in [-0.1, -0.05) is 12.1 Å². The third kappa shape index (κ3) is 3.48. The SMILES string of the molecule is COc1cc(F)ccc1NC1=NC=CC(Oc2cccc3c2C(=O)CC3)N1. The number of fused-ring (bicyclic) bond motifs is 1. The number of benzene rings is 2. The molecule has 0 saturated heterocycles. The summed E-state index contributed by atoms with van der Waals surface area (Å²) in [7, 11) is 1.47. The molecule has 0 amide bonds. The first-order chi connectivity index (χ1) is 13.1. The maximum atomic E-state index is 13.3. The van der Waals surface area contributed by atoms with Gasteiger partial charge in [0.05, 0.1) is 18.4 Å². The number of hydrogen-bond acceptors (Lipinski definition) is 6. The van der Waals surface area contributed by atoms with Gasteiger partial charge in [-0.15, -0.1) is 0 Å². The van der Waals surface area contributed by atoms with E-state index in [0.29, 0.717) is 35.1 Å². The number of rotatable bonds is 4. The standard InChI is InChI=1S/C20H18FN3O3/c1-26-17-11-13(21)6-7-14(17)23-20-22-10-9-18(24-20)27-16-4-2-3-12-5-8-15(25)19(12)16/h2-4,6-7,9-11,18H,5,8H2,1H3,(H2,22,23,24). The summed E-state index contributed by atoms with van der Waals surface area (Å²) in [5, 5.41) is 6.15. The monoisotopic (exact) mass is 367 g/mol. The highest BCUT2D eigenvalue weighted by Gasteiger charge is 2.25. The van der Waals surface area contributed by atoms with Crippen molar-refractivity contribution in [1.29, 1.82) is 0 Å². The molecule has 6 nitrogen and oxygen atoms in total. The number of hydrogen-bond donors (Lipinski definition) is 2. The Bertz CT molecular complexity index is 955. The number of anilines is 1. The zero-order chi connectivity index (χ0) is 18.8. The minimum Gasteiger partial charge on any atom is -0.494 e. The van der Waals surface area contributed by atoms with E-state index in [1.54, 1.807) is 24.4 Å². The van der Waals surface area contributed by atoms with E-state index in [-0.39, 0.29) is 11.6 Å². The molecule has 0 fully saturated rings. The lowest BCUT2D eigenvalue weighted by atomic mass is 10.1. The number of nitrogens with zero attached hydrogens (tertiary/aromatic N) is 1. The molecule has 2 aromatic carbocycles. The zero-order valence-corrected chi connectivity index (χ0v) is 14.7. The molecule has 2 aliphatic rings. The van der Waals surface area contributed by atoms with Gasteiger partial charge in [-0.3, -0.25) is 4.79 Å². The predicted molar refractivity (Wildman–Crippen MR) is 99.8 cm³/mol. The molecule has 1 unspecified atom stereocenters. The average Bonchev–Trinajstić information content (AvgIpc) is 3.06. The number of aliphatic imine (C=N–C) groups is 1. The van der Waals surface area contributed by atoms with Crippen molar-refractivity contribution in [3.8, 4) is 11.5 Å². The molecule has 1 atom stereocenters. The summed E-state index contributed by atoms with van der Waals surface area (Å²) in [4.78, 5) is 16.4. The number of ether oxygens (including phenoxy) is 2. The van der Waals surface area contributed by atoms with Gasteiger partial charge < -0.3 is 20.1 Å². The van der Waals surface area contributed by atoms with Gasteiger partial charge in [0.2, 0.25) is 5.96 Å². The molecule has 27 heavy (non-hydrogen) atoms. The predicted octanol–water partition coefficient (Wildman–Crippen LogP) is 3.25. The quantitative estimate of drug-likeness (QED) is 0.868. The second kappa shape index (κ2) is 7.11. The Morgan fingerprint density at radius 1 is 1.22 bits per heavy atom. The van der Waals surface area contributed by atoms with Crippen LogP contribution in [0.3, 0.4) is 0 Å². The lowest BCUT2D eigenvalue weighted by Crippen LogP contribution is -2.43. The van der Waals surface area contributed by atoms with Gasteiger partial charge in [-0.25, -0.2) is 9.38 Å². The Kier molecular flexibility index (Phi) is 4.50. The Morgan fingerprint density at radius 3 is 2.96 bits per heavy atom. The van der Waals surface area contributed by atoms with Crippen LogP contribution in [0.4, 0.5) is 10.1 Å². The van der Waals surface area contributed by atoms with Crippen LogP contribution in [0.2, 0.25) is 0 Å². The van der Waals surface area contributed by atoms with E-state index < -0.39 is 6.23 Å². The molecule has 1 aliphatic carbocycles. The molecule has 1 heterocycles. The third-order valence-corrected chi connectivity index (χ3v) is 4.43. The van der Waals surface area contributed by atoms with Crippen molar-refractivity contribution in [1.82, 2.24) is 5.32 Å². The fourth-order valence-electron chi connectivity index (χ4n) is 3.16. The van der Waals surface area contributed by atoms with Crippen LogP contribution in [0.5, 0.6) is 11.5 Å². The normalized spacial score (nSPS) is 17.8. The highest BCUT2D eigenvalue weighted by molar-refractivity contribution is 6.03. The summed E-state index contributed by atoms with van der Waals surface area (Å²) >= 11 is 0. The van der Waals surface area contributed by atoms with E-state index in [2.05, 4.69) is 15.6 Å². The average molecular weight is 367 g/mol. The molecule has 138 valence electrons. The third-order valence-electron chi connectivity index (χ3n) is 4.43. The zero-order valence-electron chi connectivity index (χ0n) is 14.7.